The molecule has 0 aromatic heterocycles. The molecule has 11 heavy (non-hydrogen) atoms. The molecule has 2 bridgehead atoms. The second-order valence-corrected chi connectivity index (χ2v) is 3.42. The molecule has 0 saturated heterocycles. The summed E-state index contributed by atoms with van der Waals surface area (Å²) in [5, 5.41) is 18.3. The van der Waals surface area contributed by atoms with E-state index in [1.54, 1.807) is 6.08 Å². The van der Waals surface area contributed by atoms with E-state index in [0.29, 0.717) is 18.8 Å². The molecule has 1 saturated carbocycles. The Morgan fingerprint density at radius 2 is 2.36 bits per heavy atom. The van der Waals surface area contributed by atoms with Crippen LogP contribution in [0.3, 0.4) is 0 Å². The fourth-order valence-corrected chi connectivity index (χ4v) is 2.08. The van der Waals surface area contributed by atoms with Gasteiger partial charge in [0.05, 0.1) is 6.10 Å². The number of fused-ring (bicyclic) bond motifs is 2. The molecule has 1 fully saturated rings. The molecule has 3 nitrogen and oxygen atoms in total. The Bertz CT molecular complexity index is 233. The van der Waals surface area contributed by atoms with E-state index in [9.17, 15) is 9.90 Å². The summed E-state index contributed by atoms with van der Waals surface area (Å²) in [4.78, 5) is 10.8. The summed E-state index contributed by atoms with van der Waals surface area (Å²) in [6.07, 6.45) is 4.08. The first-order valence-corrected chi connectivity index (χ1v) is 3.76. The van der Waals surface area contributed by atoms with Crippen molar-refractivity contribution < 1.29 is 15.0 Å². The Hall–Kier alpha value is -0.830. The zero-order chi connectivity index (χ0) is 8.06. The fourth-order valence-electron chi connectivity index (χ4n) is 2.08. The molecule has 3 heteroatoms. The summed E-state index contributed by atoms with van der Waals surface area (Å²) in [6.45, 7) is 0. The van der Waals surface area contributed by atoms with Crippen LogP contribution in [0.2, 0.25) is 0 Å². The van der Waals surface area contributed by atoms with Crippen LogP contribution in [0.25, 0.3) is 0 Å². The van der Waals surface area contributed by atoms with Crippen LogP contribution < -0.4 is 0 Å². The van der Waals surface area contributed by atoms with Crippen molar-refractivity contribution in [2.75, 3.05) is 0 Å². The van der Waals surface area contributed by atoms with Gasteiger partial charge in [-0.3, -0.25) is 4.79 Å². The van der Waals surface area contributed by atoms with Gasteiger partial charge in [0.25, 0.3) is 0 Å². The molecule has 0 aliphatic heterocycles. The Morgan fingerprint density at radius 1 is 1.64 bits per heavy atom. The molecule has 2 aliphatic carbocycles. The minimum absolute atomic E-state index is 0.293. The SMILES string of the molecule is O=C(O)[C@]12C=C[C@H](C[C@@H]1O)C2. The summed E-state index contributed by atoms with van der Waals surface area (Å²) in [5.41, 5.74) is -0.940. The second-order valence-electron chi connectivity index (χ2n) is 3.42. The van der Waals surface area contributed by atoms with Crippen molar-refractivity contribution in [2.24, 2.45) is 11.3 Å². The van der Waals surface area contributed by atoms with Crippen molar-refractivity contribution >= 4 is 5.97 Å². The molecular formula is C8H10O3. The van der Waals surface area contributed by atoms with Gasteiger partial charge in [0, 0.05) is 0 Å². The number of rotatable bonds is 1. The normalized spacial score (nSPS) is 46.6. The minimum Gasteiger partial charge on any atom is -0.481 e. The molecule has 0 spiro atoms. The van der Waals surface area contributed by atoms with Crippen LogP contribution in [0.4, 0.5) is 0 Å². The van der Waals surface area contributed by atoms with Gasteiger partial charge in [-0.05, 0) is 18.8 Å². The van der Waals surface area contributed by atoms with Gasteiger partial charge in [0.1, 0.15) is 5.41 Å². The molecule has 0 aromatic rings. The summed E-state index contributed by atoms with van der Waals surface area (Å²) in [6, 6.07) is 0. The van der Waals surface area contributed by atoms with E-state index in [0.717, 1.165) is 0 Å². The van der Waals surface area contributed by atoms with Crippen molar-refractivity contribution in [1.29, 1.82) is 0 Å². The highest BCUT2D eigenvalue weighted by molar-refractivity contribution is 5.79. The van der Waals surface area contributed by atoms with E-state index >= 15 is 0 Å². The molecule has 3 atom stereocenters. The zero-order valence-corrected chi connectivity index (χ0v) is 6.03. The van der Waals surface area contributed by atoms with E-state index < -0.39 is 17.5 Å². The summed E-state index contributed by atoms with van der Waals surface area (Å²) < 4.78 is 0. The predicted molar refractivity (Wildman–Crippen MR) is 37.9 cm³/mol. The maximum absolute atomic E-state index is 10.8. The molecule has 60 valence electrons. The van der Waals surface area contributed by atoms with E-state index in [-0.39, 0.29) is 0 Å². The molecule has 0 aromatic carbocycles. The molecule has 0 unspecified atom stereocenters. The standard InChI is InChI=1S/C8H10O3/c9-6-3-5-1-2-8(6,4-5)7(10)11/h1-2,5-6,9H,3-4H2,(H,10,11)/t5-,6+,8+/m1/s1. The number of carboxylic acids is 1. The summed E-state index contributed by atoms with van der Waals surface area (Å²) >= 11 is 0. The van der Waals surface area contributed by atoms with Crippen molar-refractivity contribution in [1.82, 2.24) is 0 Å². The lowest BCUT2D eigenvalue weighted by Gasteiger charge is -2.22. The molecule has 0 heterocycles. The van der Waals surface area contributed by atoms with Crippen molar-refractivity contribution in [3.05, 3.63) is 12.2 Å². The quantitative estimate of drug-likeness (QED) is 0.537. The maximum Gasteiger partial charge on any atom is 0.316 e. The largest absolute Gasteiger partial charge is 0.481 e. The minimum atomic E-state index is -0.940. The zero-order valence-electron chi connectivity index (χ0n) is 6.03. The molecule has 0 radical (unpaired) electrons. The number of carboxylic acid groups (broad SMARTS) is 1. The van der Waals surface area contributed by atoms with Gasteiger partial charge >= 0.3 is 5.97 Å². The topological polar surface area (TPSA) is 57.5 Å². The summed E-state index contributed by atoms with van der Waals surface area (Å²) in [7, 11) is 0. The van der Waals surface area contributed by atoms with Crippen molar-refractivity contribution in [3.8, 4) is 0 Å². The van der Waals surface area contributed by atoms with Crippen LogP contribution in [0.1, 0.15) is 12.8 Å². The third kappa shape index (κ3) is 0.688. The third-order valence-electron chi connectivity index (χ3n) is 2.78. The number of carbonyl (C=O) groups is 1. The highest BCUT2D eigenvalue weighted by Crippen LogP contribution is 2.49. The van der Waals surface area contributed by atoms with Crippen LogP contribution in [-0.2, 0) is 4.79 Å². The van der Waals surface area contributed by atoms with Crippen LogP contribution in [-0.4, -0.2) is 22.3 Å². The molecule has 2 rings (SSSR count). The van der Waals surface area contributed by atoms with Gasteiger partial charge in [-0.25, -0.2) is 0 Å². The number of aliphatic carboxylic acids is 1. The monoisotopic (exact) mass is 154 g/mol. The first-order chi connectivity index (χ1) is 5.15. The van der Waals surface area contributed by atoms with Crippen LogP contribution in [0, 0.1) is 11.3 Å². The Morgan fingerprint density at radius 3 is 2.64 bits per heavy atom. The number of aliphatic hydroxyl groups is 1. The highest BCUT2D eigenvalue weighted by atomic mass is 16.4. The van der Waals surface area contributed by atoms with Crippen molar-refractivity contribution in [2.45, 2.75) is 18.9 Å². The maximum atomic E-state index is 10.8. The van der Waals surface area contributed by atoms with Gasteiger partial charge in [-0.2, -0.15) is 0 Å². The third-order valence-corrected chi connectivity index (χ3v) is 2.78. The highest BCUT2D eigenvalue weighted by Gasteiger charge is 2.53. The number of hydrogen-bond acceptors (Lipinski definition) is 2. The molecule has 2 N–H and O–H groups in total. The van der Waals surface area contributed by atoms with E-state index in [1.807, 2.05) is 6.08 Å². The predicted octanol–water partition coefficient (Wildman–Crippen LogP) is 0.398. The molecular weight excluding hydrogens is 144 g/mol. The second kappa shape index (κ2) is 1.85. The molecule has 0 amide bonds. The van der Waals surface area contributed by atoms with E-state index in [1.165, 1.54) is 0 Å². The fraction of sp³-hybridized carbons (Fsp3) is 0.625. The van der Waals surface area contributed by atoms with E-state index in [4.69, 9.17) is 5.11 Å². The first-order valence-electron chi connectivity index (χ1n) is 3.76. The number of aliphatic hydroxyl groups excluding tert-OH is 1. The average molecular weight is 154 g/mol. The number of hydrogen-bond donors (Lipinski definition) is 2. The average Bonchev–Trinajstić information content (AvgIpc) is 2.43. The Kier molecular flexibility index (Phi) is 1.16. The first kappa shape index (κ1) is 6.85. The van der Waals surface area contributed by atoms with Gasteiger partial charge < -0.3 is 10.2 Å². The smallest absolute Gasteiger partial charge is 0.316 e. The van der Waals surface area contributed by atoms with Crippen LogP contribution in [0.15, 0.2) is 12.2 Å². The van der Waals surface area contributed by atoms with Crippen LogP contribution in [0.5, 0.6) is 0 Å². The van der Waals surface area contributed by atoms with Gasteiger partial charge in [-0.15, -0.1) is 0 Å². The van der Waals surface area contributed by atoms with Gasteiger partial charge in [0.2, 0.25) is 0 Å². The lowest BCUT2D eigenvalue weighted by atomic mass is 9.85. The Balaban J connectivity index is 2.38. The van der Waals surface area contributed by atoms with E-state index in [2.05, 4.69) is 0 Å². The lowest BCUT2D eigenvalue weighted by Crippen LogP contribution is -2.35. The molecule has 2 aliphatic rings. The van der Waals surface area contributed by atoms with Gasteiger partial charge in [-0.1, -0.05) is 12.2 Å². The number of allylic oxidation sites excluding steroid dienone is 1. The summed E-state index contributed by atoms with van der Waals surface area (Å²) in [5.74, 6) is -0.595. The Labute approximate surface area is 64.3 Å². The van der Waals surface area contributed by atoms with Crippen LogP contribution >= 0.6 is 0 Å². The van der Waals surface area contributed by atoms with Gasteiger partial charge in [0.15, 0.2) is 0 Å². The van der Waals surface area contributed by atoms with Crippen molar-refractivity contribution in [3.63, 3.8) is 0 Å². The lowest BCUT2D eigenvalue weighted by molar-refractivity contribution is -0.150.